The zero-order valence-corrected chi connectivity index (χ0v) is 11.3. The average molecular weight is 255 g/mol. The Morgan fingerprint density at radius 1 is 1.11 bits per heavy atom. The second-order valence-electron chi connectivity index (χ2n) is 4.75. The van der Waals surface area contributed by atoms with Crippen molar-refractivity contribution in [3.8, 4) is 0 Å². The molecular formula is C16H17NO2. The van der Waals surface area contributed by atoms with E-state index in [2.05, 4.69) is 4.98 Å². The molecule has 1 N–H and O–H groups in total. The molecule has 0 radical (unpaired) electrons. The minimum atomic E-state index is -0.870. The fourth-order valence-corrected chi connectivity index (χ4v) is 2.26. The first-order chi connectivity index (χ1) is 9.02. The Morgan fingerprint density at radius 3 is 2.42 bits per heavy atom. The van der Waals surface area contributed by atoms with Gasteiger partial charge in [-0.3, -0.25) is 9.78 Å². The van der Waals surface area contributed by atoms with Crippen molar-refractivity contribution in [1.29, 1.82) is 0 Å². The van der Waals surface area contributed by atoms with Crippen molar-refractivity contribution >= 4 is 5.97 Å². The quantitative estimate of drug-likeness (QED) is 0.916. The summed E-state index contributed by atoms with van der Waals surface area (Å²) in [7, 11) is 0. The molecule has 0 fully saturated rings. The first kappa shape index (κ1) is 13.3. The second kappa shape index (κ2) is 5.22. The molecule has 1 heterocycles. The van der Waals surface area contributed by atoms with E-state index in [9.17, 15) is 9.90 Å². The van der Waals surface area contributed by atoms with Crippen LogP contribution in [0, 0.1) is 20.8 Å². The Kier molecular flexibility index (Phi) is 3.65. The summed E-state index contributed by atoms with van der Waals surface area (Å²) < 4.78 is 0. The summed E-state index contributed by atoms with van der Waals surface area (Å²) in [5.74, 6) is -1.58. The molecule has 0 bridgehead atoms. The van der Waals surface area contributed by atoms with Crippen LogP contribution < -0.4 is 0 Å². The van der Waals surface area contributed by atoms with Crippen LogP contribution in [0.15, 0.2) is 36.5 Å². The van der Waals surface area contributed by atoms with Gasteiger partial charge in [-0.05, 0) is 55.2 Å². The molecule has 98 valence electrons. The molecule has 1 atom stereocenters. The second-order valence-corrected chi connectivity index (χ2v) is 4.75. The van der Waals surface area contributed by atoms with Crippen molar-refractivity contribution in [2.75, 3.05) is 0 Å². The van der Waals surface area contributed by atoms with Crippen LogP contribution in [0.3, 0.4) is 0 Å². The van der Waals surface area contributed by atoms with E-state index in [-0.39, 0.29) is 0 Å². The average Bonchev–Trinajstić information content (AvgIpc) is 2.40. The first-order valence-electron chi connectivity index (χ1n) is 6.22. The third kappa shape index (κ3) is 2.50. The summed E-state index contributed by atoms with van der Waals surface area (Å²) in [5.41, 5.74) is 4.72. The van der Waals surface area contributed by atoms with E-state index in [0.29, 0.717) is 5.69 Å². The van der Waals surface area contributed by atoms with Crippen molar-refractivity contribution in [3.05, 3.63) is 64.5 Å². The van der Waals surface area contributed by atoms with Crippen LogP contribution in [0.4, 0.5) is 0 Å². The maximum Gasteiger partial charge on any atom is 0.317 e. The Labute approximate surface area is 112 Å². The molecule has 0 saturated carbocycles. The SMILES string of the molecule is Cc1ccc(C(C(=O)O)c2ccccn2)c(C)c1C. The molecule has 19 heavy (non-hydrogen) atoms. The summed E-state index contributed by atoms with van der Waals surface area (Å²) >= 11 is 0. The van der Waals surface area contributed by atoms with Crippen molar-refractivity contribution in [2.45, 2.75) is 26.7 Å². The molecule has 3 heteroatoms. The summed E-state index contributed by atoms with van der Waals surface area (Å²) in [5, 5.41) is 9.52. The molecule has 2 rings (SSSR count). The Hall–Kier alpha value is -2.16. The van der Waals surface area contributed by atoms with Gasteiger partial charge in [0.05, 0.1) is 5.69 Å². The molecule has 1 unspecified atom stereocenters. The van der Waals surface area contributed by atoms with Gasteiger partial charge in [-0.2, -0.15) is 0 Å². The number of pyridine rings is 1. The van der Waals surface area contributed by atoms with Crippen molar-refractivity contribution < 1.29 is 9.90 Å². The van der Waals surface area contributed by atoms with Crippen LogP contribution in [0.1, 0.15) is 33.9 Å². The van der Waals surface area contributed by atoms with E-state index >= 15 is 0 Å². The van der Waals surface area contributed by atoms with Gasteiger partial charge in [0.1, 0.15) is 5.92 Å². The number of carbonyl (C=O) groups is 1. The van der Waals surface area contributed by atoms with Gasteiger partial charge in [-0.15, -0.1) is 0 Å². The number of hydrogen-bond donors (Lipinski definition) is 1. The Morgan fingerprint density at radius 2 is 1.84 bits per heavy atom. The highest BCUT2D eigenvalue weighted by Crippen LogP contribution is 2.29. The fourth-order valence-electron chi connectivity index (χ4n) is 2.26. The minimum Gasteiger partial charge on any atom is -0.480 e. The van der Waals surface area contributed by atoms with Crippen LogP contribution in [-0.4, -0.2) is 16.1 Å². The molecule has 1 aromatic heterocycles. The fraction of sp³-hybridized carbons (Fsp3) is 0.250. The molecule has 0 aliphatic rings. The summed E-state index contributed by atoms with van der Waals surface area (Å²) in [6.07, 6.45) is 1.63. The van der Waals surface area contributed by atoms with Gasteiger partial charge in [0, 0.05) is 6.20 Å². The summed E-state index contributed by atoms with van der Waals surface area (Å²) in [6, 6.07) is 9.22. The normalized spacial score (nSPS) is 12.2. The molecule has 3 nitrogen and oxygen atoms in total. The van der Waals surface area contributed by atoms with Gasteiger partial charge in [-0.1, -0.05) is 18.2 Å². The monoisotopic (exact) mass is 255 g/mol. The third-order valence-electron chi connectivity index (χ3n) is 3.64. The van der Waals surface area contributed by atoms with Gasteiger partial charge >= 0.3 is 5.97 Å². The number of carboxylic acids is 1. The van der Waals surface area contributed by atoms with Crippen molar-refractivity contribution in [2.24, 2.45) is 0 Å². The maximum absolute atomic E-state index is 11.6. The molecule has 2 aromatic rings. The van der Waals surface area contributed by atoms with E-state index in [1.165, 1.54) is 5.56 Å². The van der Waals surface area contributed by atoms with Crippen molar-refractivity contribution in [3.63, 3.8) is 0 Å². The zero-order valence-electron chi connectivity index (χ0n) is 11.3. The Balaban J connectivity index is 2.59. The predicted octanol–water partition coefficient (Wildman–Crippen LogP) is 3.22. The number of rotatable bonds is 3. The number of nitrogens with zero attached hydrogens (tertiary/aromatic N) is 1. The molecule has 0 amide bonds. The molecule has 0 saturated heterocycles. The zero-order chi connectivity index (χ0) is 14.0. The highest BCUT2D eigenvalue weighted by Gasteiger charge is 2.25. The highest BCUT2D eigenvalue weighted by atomic mass is 16.4. The number of aryl methyl sites for hydroxylation is 1. The van der Waals surface area contributed by atoms with Crippen LogP contribution in [0.5, 0.6) is 0 Å². The van der Waals surface area contributed by atoms with Crippen molar-refractivity contribution in [1.82, 2.24) is 4.98 Å². The van der Waals surface area contributed by atoms with Crippen LogP contribution in [0.2, 0.25) is 0 Å². The number of aromatic nitrogens is 1. The van der Waals surface area contributed by atoms with Gasteiger partial charge in [-0.25, -0.2) is 0 Å². The summed E-state index contributed by atoms with van der Waals surface area (Å²) in [4.78, 5) is 15.8. The van der Waals surface area contributed by atoms with Gasteiger partial charge < -0.3 is 5.11 Å². The highest BCUT2D eigenvalue weighted by molar-refractivity contribution is 5.80. The predicted molar refractivity (Wildman–Crippen MR) is 74.4 cm³/mol. The first-order valence-corrected chi connectivity index (χ1v) is 6.22. The van der Waals surface area contributed by atoms with Gasteiger partial charge in [0.15, 0.2) is 0 Å². The maximum atomic E-state index is 11.6. The topological polar surface area (TPSA) is 50.2 Å². The van der Waals surface area contributed by atoms with E-state index in [1.54, 1.807) is 18.3 Å². The number of hydrogen-bond acceptors (Lipinski definition) is 2. The van der Waals surface area contributed by atoms with Gasteiger partial charge in [0.2, 0.25) is 0 Å². The lowest BCUT2D eigenvalue weighted by Crippen LogP contribution is -2.16. The van der Waals surface area contributed by atoms with E-state index in [0.717, 1.165) is 16.7 Å². The standard InChI is InChI=1S/C16H17NO2/c1-10-7-8-13(12(3)11(10)2)15(16(18)19)14-6-4-5-9-17-14/h4-9,15H,1-3H3,(H,18,19). The van der Waals surface area contributed by atoms with Crippen LogP contribution >= 0.6 is 0 Å². The molecule has 0 aliphatic carbocycles. The molecule has 0 spiro atoms. The lowest BCUT2D eigenvalue weighted by Gasteiger charge is -2.17. The number of benzene rings is 1. The largest absolute Gasteiger partial charge is 0.480 e. The van der Waals surface area contributed by atoms with E-state index in [4.69, 9.17) is 0 Å². The van der Waals surface area contributed by atoms with Gasteiger partial charge in [0.25, 0.3) is 0 Å². The molecule has 1 aromatic carbocycles. The summed E-state index contributed by atoms with van der Waals surface area (Å²) in [6.45, 7) is 6.02. The molecular weight excluding hydrogens is 238 g/mol. The number of carboxylic acid groups (broad SMARTS) is 1. The van der Waals surface area contributed by atoms with E-state index in [1.807, 2.05) is 39.0 Å². The third-order valence-corrected chi connectivity index (χ3v) is 3.64. The van der Waals surface area contributed by atoms with Crippen LogP contribution in [0.25, 0.3) is 0 Å². The lowest BCUT2D eigenvalue weighted by atomic mass is 9.88. The lowest BCUT2D eigenvalue weighted by molar-refractivity contribution is -0.137. The minimum absolute atomic E-state index is 0.571. The molecule has 0 aliphatic heterocycles. The Bertz CT molecular complexity index is 606. The number of aliphatic carboxylic acids is 1. The smallest absolute Gasteiger partial charge is 0.317 e. The van der Waals surface area contributed by atoms with Crippen LogP contribution in [-0.2, 0) is 4.79 Å². The van der Waals surface area contributed by atoms with E-state index < -0.39 is 11.9 Å².